The smallest absolute Gasteiger partial charge is 0.407 e. The van der Waals surface area contributed by atoms with Gasteiger partial charge in [0.15, 0.2) is 0 Å². The average molecular weight is 265 g/mol. The highest BCUT2D eigenvalue weighted by Crippen LogP contribution is 2.17. The Morgan fingerprint density at radius 1 is 1.21 bits per heavy atom. The molecule has 0 heterocycles. The second-order valence-electron chi connectivity index (χ2n) is 3.96. The van der Waals surface area contributed by atoms with Crippen molar-refractivity contribution < 1.29 is 19.4 Å². The summed E-state index contributed by atoms with van der Waals surface area (Å²) in [7, 11) is 0. The normalized spacial score (nSPS) is 13.7. The number of aliphatic carboxylic acids is 1. The monoisotopic (exact) mass is 265 g/mol. The van der Waals surface area contributed by atoms with E-state index in [0.717, 1.165) is 0 Å². The highest BCUT2D eigenvalue weighted by Gasteiger charge is 2.24. The lowest BCUT2D eigenvalue weighted by atomic mass is 9.90. The van der Waals surface area contributed by atoms with Crippen molar-refractivity contribution in [2.75, 3.05) is 6.54 Å². The van der Waals surface area contributed by atoms with Gasteiger partial charge < -0.3 is 15.2 Å². The summed E-state index contributed by atoms with van der Waals surface area (Å²) in [6.07, 6.45) is -1.24. The maximum absolute atomic E-state index is 11.4. The van der Waals surface area contributed by atoms with Crippen LogP contribution in [0.1, 0.15) is 27.7 Å². The standard InChI is InChI=1S/C14H19NO4/c1-5-7-10(3)12(8-6-2)11(4)19-14(18)15-9-13(16)17/h10-12H,9H2,1-4H3,(H,15,18)(H,16,17)/t10?,11?,12-/m1/s1. The van der Waals surface area contributed by atoms with Crippen molar-refractivity contribution in [3.05, 3.63) is 0 Å². The molecule has 3 atom stereocenters. The molecule has 19 heavy (non-hydrogen) atoms. The molecule has 0 aromatic rings. The zero-order chi connectivity index (χ0) is 14.8. The van der Waals surface area contributed by atoms with Crippen molar-refractivity contribution in [3.8, 4) is 23.7 Å². The minimum absolute atomic E-state index is 0.0419. The van der Waals surface area contributed by atoms with Crippen molar-refractivity contribution in [1.82, 2.24) is 5.32 Å². The molecule has 0 spiro atoms. The van der Waals surface area contributed by atoms with Gasteiger partial charge in [-0.15, -0.1) is 11.8 Å². The number of carboxylic acid groups (broad SMARTS) is 1. The number of hydrogen-bond acceptors (Lipinski definition) is 3. The Bertz CT molecular complexity index is 436. The highest BCUT2D eigenvalue weighted by molar-refractivity contribution is 5.76. The van der Waals surface area contributed by atoms with Crippen LogP contribution in [0.5, 0.6) is 0 Å². The van der Waals surface area contributed by atoms with E-state index >= 15 is 0 Å². The first-order valence-electron chi connectivity index (χ1n) is 5.93. The Morgan fingerprint density at radius 3 is 2.26 bits per heavy atom. The third kappa shape index (κ3) is 7.00. The van der Waals surface area contributed by atoms with Crippen molar-refractivity contribution in [1.29, 1.82) is 0 Å². The Kier molecular flexibility index (Phi) is 7.88. The number of hydrogen-bond donors (Lipinski definition) is 2. The van der Waals surface area contributed by atoms with Gasteiger partial charge in [-0.25, -0.2) is 4.79 Å². The van der Waals surface area contributed by atoms with Crippen LogP contribution in [0.25, 0.3) is 0 Å². The van der Waals surface area contributed by atoms with Crippen LogP contribution >= 0.6 is 0 Å². The van der Waals surface area contributed by atoms with Crippen LogP contribution in [-0.4, -0.2) is 29.8 Å². The zero-order valence-electron chi connectivity index (χ0n) is 11.6. The Morgan fingerprint density at radius 2 is 1.79 bits per heavy atom. The lowest BCUT2D eigenvalue weighted by Gasteiger charge is -2.22. The van der Waals surface area contributed by atoms with Crippen LogP contribution in [0, 0.1) is 35.5 Å². The van der Waals surface area contributed by atoms with Crippen LogP contribution in [0.15, 0.2) is 0 Å². The first-order valence-corrected chi connectivity index (χ1v) is 5.93. The maximum Gasteiger partial charge on any atom is 0.407 e. The van der Waals surface area contributed by atoms with E-state index < -0.39 is 24.7 Å². The highest BCUT2D eigenvalue weighted by atomic mass is 16.6. The summed E-state index contributed by atoms with van der Waals surface area (Å²) in [5, 5.41) is 10.6. The van der Waals surface area contributed by atoms with Crippen LogP contribution in [0.2, 0.25) is 0 Å². The van der Waals surface area contributed by atoms with E-state index in [9.17, 15) is 9.59 Å². The molecule has 5 nitrogen and oxygen atoms in total. The number of rotatable bonds is 5. The van der Waals surface area contributed by atoms with Gasteiger partial charge in [-0.3, -0.25) is 4.79 Å². The zero-order valence-corrected chi connectivity index (χ0v) is 11.6. The second-order valence-corrected chi connectivity index (χ2v) is 3.96. The number of alkyl carbamates (subject to hydrolysis) is 1. The summed E-state index contributed by atoms with van der Waals surface area (Å²) < 4.78 is 5.10. The Balaban J connectivity index is 4.57. The molecule has 104 valence electrons. The van der Waals surface area contributed by atoms with E-state index in [4.69, 9.17) is 9.84 Å². The molecular weight excluding hydrogens is 246 g/mol. The van der Waals surface area contributed by atoms with Crippen molar-refractivity contribution >= 4 is 12.1 Å². The number of ether oxygens (including phenoxy) is 1. The Labute approximate surface area is 113 Å². The quantitative estimate of drug-likeness (QED) is 0.738. The molecule has 5 heteroatoms. The molecule has 0 aliphatic carbocycles. The van der Waals surface area contributed by atoms with Gasteiger partial charge in [-0.1, -0.05) is 18.8 Å². The van der Waals surface area contributed by atoms with Crippen molar-refractivity contribution in [2.24, 2.45) is 11.8 Å². The first kappa shape index (κ1) is 16.9. The van der Waals surface area contributed by atoms with Gasteiger partial charge in [-0.05, 0) is 20.8 Å². The summed E-state index contributed by atoms with van der Waals surface area (Å²) >= 11 is 0. The third-order valence-electron chi connectivity index (χ3n) is 2.40. The average Bonchev–Trinajstić information content (AvgIpc) is 2.33. The summed E-state index contributed by atoms with van der Waals surface area (Å²) in [6.45, 7) is 6.58. The molecule has 0 saturated carbocycles. The number of carbonyl (C=O) groups excluding carboxylic acids is 1. The predicted octanol–water partition coefficient (Wildman–Crippen LogP) is 1.48. The van der Waals surface area contributed by atoms with E-state index in [-0.39, 0.29) is 11.8 Å². The number of carboxylic acids is 1. The molecule has 0 radical (unpaired) electrons. The predicted molar refractivity (Wildman–Crippen MR) is 71.1 cm³/mol. The fraction of sp³-hybridized carbons (Fsp3) is 0.571. The lowest BCUT2D eigenvalue weighted by molar-refractivity contribution is -0.135. The summed E-state index contributed by atoms with van der Waals surface area (Å²) in [5.41, 5.74) is 0. The van der Waals surface area contributed by atoms with Gasteiger partial charge >= 0.3 is 12.1 Å². The minimum Gasteiger partial charge on any atom is -0.480 e. The van der Waals surface area contributed by atoms with Crippen LogP contribution in [-0.2, 0) is 9.53 Å². The summed E-state index contributed by atoms with van der Waals surface area (Å²) in [6, 6.07) is 0. The fourth-order valence-corrected chi connectivity index (χ4v) is 1.56. The van der Waals surface area contributed by atoms with E-state index in [1.165, 1.54) is 0 Å². The summed E-state index contributed by atoms with van der Waals surface area (Å²) in [5.74, 6) is 10.1. The van der Waals surface area contributed by atoms with E-state index in [1.54, 1.807) is 20.8 Å². The van der Waals surface area contributed by atoms with E-state index in [1.807, 2.05) is 6.92 Å². The second kappa shape index (κ2) is 8.88. The first-order chi connectivity index (χ1) is 8.92. The molecule has 0 fully saturated rings. The van der Waals surface area contributed by atoms with Gasteiger partial charge in [0.2, 0.25) is 0 Å². The van der Waals surface area contributed by atoms with E-state index in [0.29, 0.717) is 0 Å². The minimum atomic E-state index is -1.13. The van der Waals surface area contributed by atoms with Gasteiger partial charge in [0, 0.05) is 5.92 Å². The SMILES string of the molecule is CC#CC(C)[C@@H](C#CC)C(C)OC(=O)NCC(=O)O. The third-order valence-corrected chi connectivity index (χ3v) is 2.40. The van der Waals surface area contributed by atoms with Gasteiger partial charge in [-0.2, -0.15) is 0 Å². The molecule has 2 N–H and O–H groups in total. The fourth-order valence-electron chi connectivity index (χ4n) is 1.56. The Hall–Kier alpha value is -2.14. The molecular formula is C14H19NO4. The largest absolute Gasteiger partial charge is 0.480 e. The van der Waals surface area contributed by atoms with Gasteiger partial charge in [0.25, 0.3) is 0 Å². The number of amides is 1. The lowest BCUT2D eigenvalue weighted by Crippen LogP contribution is -2.35. The van der Waals surface area contributed by atoms with Gasteiger partial charge in [0.05, 0.1) is 5.92 Å². The molecule has 0 aliphatic rings. The van der Waals surface area contributed by atoms with Gasteiger partial charge in [0.1, 0.15) is 12.6 Å². The van der Waals surface area contributed by atoms with Crippen molar-refractivity contribution in [3.63, 3.8) is 0 Å². The van der Waals surface area contributed by atoms with E-state index in [2.05, 4.69) is 29.0 Å². The molecule has 0 bridgehead atoms. The van der Waals surface area contributed by atoms with Crippen LogP contribution < -0.4 is 5.32 Å². The van der Waals surface area contributed by atoms with Crippen LogP contribution in [0.4, 0.5) is 4.79 Å². The molecule has 0 aromatic heterocycles. The molecule has 0 rings (SSSR count). The molecule has 2 unspecified atom stereocenters. The molecule has 0 aliphatic heterocycles. The van der Waals surface area contributed by atoms with Crippen molar-refractivity contribution in [2.45, 2.75) is 33.8 Å². The number of carbonyl (C=O) groups is 2. The topological polar surface area (TPSA) is 75.6 Å². The maximum atomic E-state index is 11.4. The van der Waals surface area contributed by atoms with Crippen LogP contribution in [0.3, 0.4) is 0 Å². The molecule has 1 amide bonds. The molecule has 0 aromatic carbocycles. The number of nitrogens with one attached hydrogen (secondary N) is 1. The summed E-state index contributed by atoms with van der Waals surface area (Å²) in [4.78, 5) is 21.7. The molecule has 0 saturated heterocycles.